The van der Waals surface area contributed by atoms with Crippen molar-refractivity contribution in [2.24, 2.45) is 0 Å². The molecule has 2 aromatic rings. The van der Waals surface area contributed by atoms with Gasteiger partial charge in [0.25, 0.3) is 0 Å². The van der Waals surface area contributed by atoms with Crippen molar-refractivity contribution in [3.05, 3.63) is 35.2 Å². The van der Waals surface area contributed by atoms with Crippen LogP contribution in [0.15, 0.2) is 30.3 Å². The van der Waals surface area contributed by atoms with E-state index < -0.39 is 11.9 Å². The van der Waals surface area contributed by atoms with E-state index in [1.54, 1.807) is 6.07 Å². The summed E-state index contributed by atoms with van der Waals surface area (Å²) in [6, 6.07) is 9.26. The molecule has 1 atom stereocenters. The molecule has 0 saturated heterocycles. The van der Waals surface area contributed by atoms with E-state index >= 15 is 0 Å². The first-order chi connectivity index (χ1) is 7.22. The Bertz CT molecular complexity index is 482. The summed E-state index contributed by atoms with van der Waals surface area (Å²) in [4.78, 5) is 21.8. The van der Waals surface area contributed by atoms with E-state index in [0.29, 0.717) is 4.88 Å². The molecule has 1 unspecified atom stereocenters. The molecular weight excluding hydrogens is 212 g/mol. The molecule has 0 aliphatic heterocycles. The summed E-state index contributed by atoms with van der Waals surface area (Å²) in [6.07, 6.45) is 1.54. The average molecular weight is 219 g/mol. The summed E-state index contributed by atoms with van der Waals surface area (Å²) in [5.41, 5.74) is 0. The van der Waals surface area contributed by atoms with Crippen LogP contribution in [-0.2, 0) is 9.59 Å². The molecule has 0 saturated carbocycles. The molecule has 0 amide bonds. The summed E-state index contributed by atoms with van der Waals surface area (Å²) in [6.45, 7) is 0. The van der Waals surface area contributed by atoms with E-state index in [0.717, 1.165) is 10.1 Å². The fourth-order valence-electron chi connectivity index (χ4n) is 1.37. The lowest BCUT2D eigenvalue weighted by Gasteiger charge is -1.97. The van der Waals surface area contributed by atoms with Crippen molar-refractivity contribution in [2.75, 3.05) is 0 Å². The molecule has 0 aliphatic carbocycles. The highest BCUT2D eigenvalue weighted by atomic mass is 32.1. The molecule has 4 heteroatoms. The third-order valence-electron chi connectivity index (χ3n) is 2.09. The molecule has 2 rings (SSSR count). The van der Waals surface area contributed by atoms with Gasteiger partial charge in [0, 0.05) is 9.58 Å². The molecule has 3 nitrogen and oxygen atoms in total. The molecule has 1 heterocycles. The monoisotopic (exact) mass is 219 g/mol. The number of hydrogen-bond acceptors (Lipinski definition) is 3. The topological polar surface area (TPSA) is 54.4 Å². The van der Waals surface area contributed by atoms with Crippen LogP contribution >= 0.6 is 11.3 Å². The van der Waals surface area contributed by atoms with Crippen LogP contribution in [-0.4, -0.2) is 17.4 Å². The molecule has 75 valence electrons. The highest BCUT2D eigenvalue weighted by Crippen LogP contribution is 2.30. The molecule has 0 bridgehead atoms. The summed E-state index contributed by atoms with van der Waals surface area (Å²) in [5.74, 6) is -2.32. The lowest BCUT2D eigenvalue weighted by Crippen LogP contribution is -2.10. The Morgan fingerprint density at radius 3 is 2.73 bits per heavy atom. The van der Waals surface area contributed by atoms with Gasteiger partial charge in [0.15, 0.2) is 5.92 Å². The summed E-state index contributed by atoms with van der Waals surface area (Å²) in [5, 5.41) is 9.75. The van der Waals surface area contributed by atoms with Gasteiger partial charge >= 0.3 is 5.97 Å². The van der Waals surface area contributed by atoms with Crippen LogP contribution in [0.4, 0.5) is 0 Å². The number of carboxylic acid groups (broad SMARTS) is 1. The number of carboxylic acids is 1. The van der Waals surface area contributed by atoms with E-state index in [9.17, 15) is 9.59 Å². The fourth-order valence-corrected chi connectivity index (χ4v) is 2.47. The molecule has 1 N–H and O–H groups in total. The molecule has 1 aromatic carbocycles. The van der Waals surface area contributed by atoms with Gasteiger partial charge in [-0.05, 0) is 17.5 Å². The molecule has 1 aromatic heterocycles. The van der Waals surface area contributed by atoms with Gasteiger partial charge in [0.2, 0.25) is 6.29 Å². The van der Waals surface area contributed by atoms with Gasteiger partial charge in [-0.25, -0.2) is 0 Å². The Morgan fingerprint density at radius 1 is 1.40 bits per heavy atom. The van der Waals surface area contributed by atoms with Gasteiger partial charge in [0.05, 0.1) is 0 Å². The lowest BCUT2D eigenvalue weighted by molar-refractivity contribution is -0.137. The van der Waals surface area contributed by atoms with Crippen molar-refractivity contribution >= 4 is 33.7 Å². The Hall–Kier alpha value is -1.68. The largest absolute Gasteiger partial charge is 0.480 e. The number of hydrogen-bond donors (Lipinski definition) is 1. The van der Waals surface area contributed by atoms with Gasteiger partial charge in [-0.2, -0.15) is 0 Å². The minimum absolute atomic E-state index is 0.527. The fraction of sp³-hybridized carbons (Fsp3) is 0.0909. The predicted molar refractivity (Wildman–Crippen MR) is 57.9 cm³/mol. The van der Waals surface area contributed by atoms with Crippen LogP contribution in [0.5, 0.6) is 0 Å². The van der Waals surface area contributed by atoms with Crippen molar-refractivity contribution in [3.63, 3.8) is 0 Å². The number of thiophene rings is 1. The highest BCUT2D eigenvalue weighted by Gasteiger charge is 2.22. The number of fused-ring (bicyclic) bond motifs is 1. The van der Waals surface area contributed by atoms with Gasteiger partial charge in [-0.3, -0.25) is 9.59 Å². The first kappa shape index (κ1) is 9.86. The molecule has 0 aliphatic rings. The van der Waals surface area contributed by atoms with E-state index in [-0.39, 0.29) is 0 Å². The zero-order valence-electron chi connectivity index (χ0n) is 7.64. The number of benzene rings is 1. The van der Waals surface area contributed by atoms with Gasteiger partial charge in [0.1, 0.15) is 0 Å². The quantitative estimate of drug-likeness (QED) is 0.805. The zero-order valence-corrected chi connectivity index (χ0v) is 8.45. The first-order valence-electron chi connectivity index (χ1n) is 4.31. The SMILES string of the molecule is O=[C]C(C(=O)O)c1cc2ccccc2s1. The van der Waals surface area contributed by atoms with Crippen molar-refractivity contribution in [2.45, 2.75) is 5.92 Å². The van der Waals surface area contributed by atoms with Crippen LogP contribution in [0.1, 0.15) is 10.8 Å². The molecular formula is C11H7O3S. The summed E-state index contributed by atoms with van der Waals surface area (Å²) in [7, 11) is 0. The number of rotatable bonds is 3. The zero-order chi connectivity index (χ0) is 10.8. The second-order valence-electron chi connectivity index (χ2n) is 3.08. The molecule has 15 heavy (non-hydrogen) atoms. The van der Waals surface area contributed by atoms with Gasteiger partial charge in [-0.1, -0.05) is 18.2 Å². The first-order valence-corrected chi connectivity index (χ1v) is 5.13. The Morgan fingerprint density at radius 2 is 2.13 bits per heavy atom. The van der Waals surface area contributed by atoms with Crippen LogP contribution < -0.4 is 0 Å². The number of aliphatic carboxylic acids is 1. The lowest BCUT2D eigenvalue weighted by atomic mass is 10.1. The maximum Gasteiger partial charge on any atom is 0.319 e. The maximum absolute atomic E-state index is 10.8. The van der Waals surface area contributed by atoms with Crippen molar-refractivity contribution in [1.29, 1.82) is 0 Å². The summed E-state index contributed by atoms with van der Waals surface area (Å²) >= 11 is 1.31. The Balaban J connectivity index is 2.52. The van der Waals surface area contributed by atoms with Gasteiger partial charge < -0.3 is 5.11 Å². The maximum atomic E-state index is 10.8. The predicted octanol–water partition coefficient (Wildman–Crippen LogP) is 2.18. The minimum Gasteiger partial charge on any atom is -0.480 e. The minimum atomic E-state index is -1.16. The Kier molecular flexibility index (Phi) is 2.51. The smallest absolute Gasteiger partial charge is 0.319 e. The third kappa shape index (κ3) is 1.76. The van der Waals surface area contributed by atoms with E-state index in [1.807, 2.05) is 24.3 Å². The molecule has 0 spiro atoms. The van der Waals surface area contributed by atoms with E-state index in [4.69, 9.17) is 5.11 Å². The molecule has 1 radical (unpaired) electrons. The molecule has 0 fully saturated rings. The van der Waals surface area contributed by atoms with Crippen molar-refractivity contribution < 1.29 is 14.7 Å². The summed E-state index contributed by atoms with van der Waals surface area (Å²) < 4.78 is 0.981. The number of carbonyl (C=O) groups is 1. The Labute approximate surface area is 90.0 Å². The van der Waals surface area contributed by atoms with Gasteiger partial charge in [-0.15, -0.1) is 11.3 Å². The van der Waals surface area contributed by atoms with Crippen LogP contribution in [0.2, 0.25) is 0 Å². The van der Waals surface area contributed by atoms with E-state index in [2.05, 4.69) is 0 Å². The van der Waals surface area contributed by atoms with Crippen molar-refractivity contribution in [1.82, 2.24) is 0 Å². The standard InChI is InChI=1S/C11H7O3S/c12-6-8(11(13)14)10-5-7-3-1-2-4-9(7)15-10/h1-5,8H,(H,13,14). The van der Waals surface area contributed by atoms with Crippen LogP contribution in [0.25, 0.3) is 10.1 Å². The van der Waals surface area contributed by atoms with E-state index in [1.165, 1.54) is 17.6 Å². The third-order valence-corrected chi connectivity index (χ3v) is 3.27. The van der Waals surface area contributed by atoms with Crippen molar-refractivity contribution in [3.8, 4) is 0 Å². The normalized spacial score (nSPS) is 12.5. The van der Waals surface area contributed by atoms with Crippen LogP contribution in [0, 0.1) is 0 Å². The highest BCUT2D eigenvalue weighted by molar-refractivity contribution is 7.19. The number of carbonyl (C=O) groups excluding carboxylic acids is 1. The second kappa shape index (κ2) is 3.82. The average Bonchev–Trinajstić information content (AvgIpc) is 2.61. The second-order valence-corrected chi connectivity index (χ2v) is 4.19. The van der Waals surface area contributed by atoms with Crippen LogP contribution in [0.3, 0.4) is 0 Å².